The SMILES string of the molecule is NCC1(c2c(F)cccc2F)CC(O)C1. The zero-order valence-electron chi connectivity index (χ0n) is 8.21. The molecule has 2 nitrogen and oxygen atoms in total. The fraction of sp³-hybridized carbons (Fsp3) is 0.455. The molecule has 82 valence electrons. The van der Waals surface area contributed by atoms with Crippen LogP contribution in [0.3, 0.4) is 0 Å². The van der Waals surface area contributed by atoms with Crippen LogP contribution in [0, 0.1) is 11.6 Å². The first-order valence-corrected chi connectivity index (χ1v) is 4.92. The number of nitrogens with two attached hydrogens (primary N) is 1. The predicted octanol–water partition coefficient (Wildman–Crippen LogP) is 1.32. The first kappa shape index (κ1) is 10.5. The van der Waals surface area contributed by atoms with E-state index in [0.717, 1.165) is 0 Å². The van der Waals surface area contributed by atoms with Gasteiger partial charge < -0.3 is 10.8 Å². The van der Waals surface area contributed by atoms with Gasteiger partial charge in [0.15, 0.2) is 0 Å². The molecule has 1 aliphatic carbocycles. The Morgan fingerprint density at radius 2 is 1.87 bits per heavy atom. The molecule has 0 unspecified atom stereocenters. The van der Waals surface area contributed by atoms with Crippen LogP contribution < -0.4 is 5.73 Å². The van der Waals surface area contributed by atoms with Gasteiger partial charge in [-0.25, -0.2) is 8.78 Å². The Morgan fingerprint density at radius 3 is 2.27 bits per heavy atom. The van der Waals surface area contributed by atoms with Crippen molar-refractivity contribution in [2.24, 2.45) is 5.73 Å². The lowest BCUT2D eigenvalue weighted by atomic mass is 9.62. The molecule has 3 N–H and O–H groups in total. The molecular formula is C11H13F2NO. The van der Waals surface area contributed by atoms with Crippen molar-refractivity contribution in [2.75, 3.05) is 6.54 Å². The van der Waals surface area contributed by atoms with Crippen molar-refractivity contribution >= 4 is 0 Å². The van der Waals surface area contributed by atoms with Crippen molar-refractivity contribution < 1.29 is 13.9 Å². The normalized spacial score (nSPS) is 30.0. The summed E-state index contributed by atoms with van der Waals surface area (Å²) in [7, 11) is 0. The van der Waals surface area contributed by atoms with Gasteiger partial charge in [-0.3, -0.25) is 0 Å². The molecule has 1 aromatic rings. The molecule has 0 radical (unpaired) electrons. The van der Waals surface area contributed by atoms with Gasteiger partial charge in [-0.2, -0.15) is 0 Å². The minimum atomic E-state index is -0.713. The Morgan fingerprint density at radius 1 is 1.33 bits per heavy atom. The summed E-state index contributed by atoms with van der Waals surface area (Å²) in [6, 6.07) is 3.77. The highest BCUT2D eigenvalue weighted by Gasteiger charge is 2.46. The molecule has 0 amide bonds. The molecule has 1 aliphatic rings. The highest BCUT2D eigenvalue weighted by atomic mass is 19.1. The minimum Gasteiger partial charge on any atom is -0.393 e. The highest BCUT2D eigenvalue weighted by molar-refractivity contribution is 5.32. The largest absolute Gasteiger partial charge is 0.393 e. The predicted molar refractivity (Wildman–Crippen MR) is 52.3 cm³/mol. The van der Waals surface area contributed by atoms with Crippen LogP contribution in [0.2, 0.25) is 0 Å². The molecule has 0 atom stereocenters. The van der Waals surface area contributed by atoms with Crippen LogP contribution in [0.1, 0.15) is 18.4 Å². The Kier molecular flexibility index (Phi) is 2.48. The van der Waals surface area contributed by atoms with Crippen molar-refractivity contribution in [1.82, 2.24) is 0 Å². The number of rotatable bonds is 2. The van der Waals surface area contributed by atoms with Crippen LogP contribution in [-0.2, 0) is 5.41 Å². The molecule has 0 saturated heterocycles. The number of aliphatic hydroxyl groups is 1. The molecule has 1 saturated carbocycles. The summed E-state index contributed by atoms with van der Waals surface area (Å²) in [4.78, 5) is 0. The lowest BCUT2D eigenvalue weighted by molar-refractivity contribution is 0.0187. The van der Waals surface area contributed by atoms with E-state index in [-0.39, 0.29) is 12.1 Å². The van der Waals surface area contributed by atoms with Crippen molar-refractivity contribution in [3.05, 3.63) is 35.4 Å². The van der Waals surface area contributed by atoms with Crippen LogP contribution in [0.4, 0.5) is 8.78 Å². The molecule has 4 heteroatoms. The maximum atomic E-state index is 13.5. The lowest BCUT2D eigenvalue weighted by Crippen LogP contribution is -2.50. The molecule has 1 fully saturated rings. The van der Waals surface area contributed by atoms with Gasteiger partial charge in [-0.05, 0) is 25.0 Å². The van der Waals surface area contributed by atoms with E-state index < -0.39 is 23.2 Å². The second-order valence-electron chi connectivity index (χ2n) is 4.14. The summed E-state index contributed by atoms with van der Waals surface area (Å²) in [5, 5.41) is 9.26. The maximum Gasteiger partial charge on any atom is 0.129 e. The first-order chi connectivity index (χ1) is 7.09. The third-order valence-electron chi connectivity index (χ3n) is 3.14. The smallest absolute Gasteiger partial charge is 0.129 e. The number of halogens is 2. The van der Waals surface area contributed by atoms with E-state index in [0.29, 0.717) is 12.8 Å². The van der Waals surface area contributed by atoms with E-state index in [1.165, 1.54) is 18.2 Å². The van der Waals surface area contributed by atoms with Gasteiger partial charge in [-0.1, -0.05) is 6.07 Å². The number of hydrogen-bond acceptors (Lipinski definition) is 2. The molecule has 0 spiro atoms. The van der Waals surface area contributed by atoms with E-state index in [4.69, 9.17) is 5.73 Å². The summed E-state index contributed by atoms with van der Waals surface area (Å²) in [5.41, 5.74) is 4.87. The summed E-state index contributed by atoms with van der Waals surface area (Å²) < 4.78 is 27.0. The van der Waals surface area contributed by atoms with Crippen molar-refractivity contribution in [1.29, 1.82) is 0 Å². The molecule has 0 aliphatic heterocycles. The van der Waals surface area contributed by atoms with Crippen molar-refractivity contribution in [3.8, 4) is 0 Å². The van der Waals surface area contributed by atoms with E-state index in [1.807, 2.05) is 0 Å². The van der Waals surface area contributed by atoms with Gasteiger partial charge in [0.25, 0.3) is 0 Å². The topological polar surface area (TPSA) is 46.2 Å². The molecule has 0 aromatic heterocycles. The molecule has 0 bridgehead atoms. The van der Waals surface area contributed by atoms with Crippen LogP contribution >= 0.6 is 0 Å². The number of aliphatic hydroxyl groups excluding tert-OH is 1. The summed E-state index contributed by atoms with van der Waals surface area (Å²) in [6.45, 7) is 0.155. The fourth-order valence-electron chi connectivity index (χ4n) is 2.32. The van der Waals surface area contributed by atoms with E-state index in [1.54, 1.807) is 0 Å². The molecule has 15 heavy (non-hydrogen) atoms. The molecule has 0 heterocycles. The zero-order chi connectivity index (χ0) is 11.1. The third-order valence-corrected chi connectivity index (χ3v) is 3.14. The Hall–Kier alpha value is -1.00. The standard InChI is InChI=1S/C11H13F2NO/c12-8-2-1-3-9(13)10(8)11(6-14)4-7(15)5-11/h1-3,7,15H,4-6,14H2. The molecule has 2 rings (SSSR count). The average molecular weight is 213 g/mol. The Labute approximate surface area is 86.7 Å². The van der Waals surface area contributed by atoms with Gasteiger partial charge in [0.2, 0.25) is 0 Å². The molecular weight excluding hydrogens is 200 g/mol. The third kappa shape index (κ3) is 1.54. The average Bonchev–Trinajstić information content (AvgIpc) is 2.14. The first-order valence-electron chi connectivity index (χ1n) is 4.92. The van der Waals surface area contributed by atoms with E-state index in [2.05, 4.69) is 0 Å². The lowest BCUT2D eigenvalue weighted by Gasteiger charge is -2.45. The van der Waals surface area contributed by atoms with Gasteiger partial charge >= 0.3 is 0 Å². The Balaban J connectivity index is 2.44. The number of benzene rings is 1. The van der Waals surface area contributed by atoms with Gasteiger partial charge in [-0.15, -0.1) is 0 Å². The van der Waals surface area contributed by atoms with E-state index in [9.17, 15) is 13.9 Å². The summed E-state index contributed by atoms with van der Waals surface area (Å²) in [6.07, 6.45) is 0.176. The zero-order valence-corrected chi connectivity index (χ0v) is 8.21. The minimum absolute atomic E-state index is 0.0257. The van der Waals surface area contributed by atoms with Gasteiger partial charge in [0.1, 0.15) is 11.6 Å². The quantitative estimate of drug-likeness (QED) is 0.778. The van der Waals surface area contributed by atoms with Gasteiger partial charge in [0.05, 0.1) is 6.10 Å². The second-order valence-corrected chi connectivity index (χ2v) is 4.14. The Bertz CT molecular complexity index is 355. The number of hydrogen-bond donors (Lipinski definition) is 2. The van der Waals surface area contributed by atoms with E-state index >= 15 is 0 Å². The molecule has 1 aromatic carbocycles. The van der Waals surface area contributed by atoms with Crippen molar-refractivity contribution in [2.45, 2.75) is 24.4 Å². The summed E-state index contributed by atoms with van der Waals surface area (Å²) >= 11 is 0. The highest BCUT2D eigenvalue weighted by Crippen LogP contribution is 2.44. The van der Waals surface area contributed by atoms with Crippen molar-refractivity contribution in [3.63, 3.8) is 0 Å². The van der Waals surface area contributed by atoms with Crippen LogP contribution in [0.25, 0.3) is 0 Å². The fourth-order valence-corrected chi connectivity index (χ4v) is 2.32. The van der Waals surface area contributed by atoms with Crippen LogP contribution in [0.5, 0.6) is 0 Å². The maximum absolute atomic E-state index is 13.5. The second kappa shape index (κ2) is 3.54. The van der Waals surface area contributed by atoms with Crippen LogP contribution in [0.15, 0.2) is 18.2 Å². The summed E-state index contributed by atoms with van der Waals surface area (Å²) in [5.74, 6) is -1.15. The van der Waals surface area contributed by atoms with Gasteiger partial charge in [0, 0.05) is 17.5 Å². The van der Waals surface area contributed by atoms with Crippen LogP contribution in [-0.4, -0.2) is 17.8 Å². The monoisotopic (exact) mass is 213 g/mol.